The molecule has 6 nitrogen and oxygen atoms in total. The van der Waals surface area contributed by atoms with Crippen molar-refractivity contribution in [2.45, 2.75) is 27.2 Å². The molecule has 3 atom stereocenters. The van der Waals surface area contributed by atoms with E-state index in [1.807, 2.05) is 0 Å². The molecule has 0 aromatic heterocycles. The van der Waals surface area contributed by atoms with Crippen LogP contribution in [0.5, 0.6) is 11.5 Å². The van der Waals surface area contributed by atoms with E-state index in [0.717, 1.165) is 13.1 Å². The zero-order valence-corrected chi connectivity index (χ0v) is 14.5. The molecule has 0 saturated carbocycles. The number of quaternary nitrogens is 1. The van der Waals surface area contributed by atoms with Crippen LogP contribution in [0.3, 0.4) is 0 Å². The van der Waals surface area contributed by atoms with Crippen LogP contribution in [0.2, 0.25) is 0 Å². The van der Waals surface area contributed by atoms with E-state index in [-0.39, 0.29) is 18.5 Å². The number of likely N-dealkylation sites (tertiary alicyclic amines) is 1. The van der Waals surface area contributed by atoms with Gasteiger partial charge < -0.3 is 19.7 Å². The van der Waals surface area contributed by atoms with Crippen LogP contribution >= 0.6 is 0 Å². The van der Waals surface area contributed by atoms with Gasteiger partial charge in [-0.15, -0.1) is 0 Å². The van der Waals surface area contributed by atoms with Crippen molar-refractivity contribution in [3.63, 3.8) is 0 Å². The van der Waals surface area contributed by atoms with Gasteiger partial charge in [-0.2, -0.15) is 0 Å². The molecule has 0 bridgehead atoms. The molecular formula is C18H25N2O4+. The number of carbonyl (C=O) groups is 2. The molecule has 2 heterocycles. The van der Waals surface area contributed by atoms with Gasteiger partial charge in [-0.1, -0.05) is 13.8 Å². The SMILES string of the molecule is CC(=O)c1cc2c(cc1NC(=O)C[NH+]1C[C@H](C)C[C@H](C)C1)OCO2. The summed E-state index contributed by atoms with van der Waals surface area (Å²) >= 11 is 0. The molecule has 2 N–H and O–H groups in total. The highest BCUT2D eigenvalue weighted by Gasteiger charge is 2.27. The van der Waals surface area contributed by atoms with Crippen LogP contribution in [0.15, 0.2) is 12.1 Å². The lowest BCUT2D eigenvalue weighted by molar-refractivity contribution is -0.904. The Morgan fingerprint density at radius 2 is 1.79 bits per heavy atom. The lowest BCUT2D eigenvalue weighted by Crippen LogP contribution is -3.15. The number of amides is 1. The first kappa shape index (κ1) is 16.8. The van der Waals surface area contributed by atoms with Crippen molar-refractivity contribution in [2.24, 2.45) is 11.8 Å². The number of anilines is 1. The largest absolute Gasteiger partial charge is 0.454 e. The number of carbonyl (C=O) groups excluding carboxylic acids is 2. The zero-order chi connectivity index (χ0) is 17.3. The Morgan fingerprint density at radius 3 is 2.42 bits per heavy atom. The molecule has 3 rings (SSSR count). The smallest absolute Gasteiger partial charge is 0.279 e. The van der Waals surface area contributed by atoms with Gasteiger partial charge in [-0.25, -0.2) is 0 Å². The van der Waals surface area contributed by atoms with E-state index < -0.39 is 0 Å². The van der Waals surface area contributed by atoms with Crippen LogP contribution in [0, 0.1) is 11.8 Å². The number of nitrogens with one attached hydrogen (secondary N) is 2. The predicted octanol–water partition coefficient (Wildman–Crippen LogP) is 1.12. The summed E-state index contributed by atoms with van der Waals surface area (Å²) in [5.41, 5.74) is 0.942. The first-order valence-electron chi connectivity index (χ1n) is 8.50. The molecule has 2 aliphatic heterocycles. The van der Waals surface area contributed by atoms with Crippen LogP contribution < -0.4 is 19.7 Å². The molecule has 1 unspecified atom stereocenters. The van der Waals surface area contributed by atoms with Crippen LogP contribution in [-0.4, -0.2) is 38.1 Å². The fourth-order valence-electron chi connectivity index (χ4n) is 3.82. The monoisotopic (exact) mass is 333 g/mol. The second-order valence-corrected chi connectivity index (χ2v) is 7.14. The highest BCUT2D eigenvalue weighted by molar-refractivity contribution is 6.04. The number of ketones is 1. The van der Waals surface area contributed by atoms with E-state index in [9.17, 15) is 9.59 Å². The lowest BCUT2D eigenvalue weighted by Gasteiger charge is -2.31. The summed E-state index contributed by atoms with van der Waals surface area (Å²) in [4.78, 5) is 25.6. The topological polar surface area (TPSA) is 69.1 Å². The first-order valence-corrected chi connectivity index (χ1v) is 8.50. The van der Waals surface area contributed by atoms with E-state index in [1.165, 1.54) is 18.2 Å². The maximum absolute atomic E-state index is 12.5. The summed E-state index contributed by atoms with van der Waals surface area (Å²) in [5.74, 6) is 2.18. The van der Waals surface area contributed by atoms with Crippen molar-refractivity contribution in [3.8, 4) is 11.5 Å². The number of piperidine rings is 1. The van der Waals surface area contributed by atoms with Gasteiger partial charge in [0.1, 0.15) is 0 Å². The molecule has 0 aliphatic carbocycles. The lowest BCUT2D eigenvalue weighted by atomic mass is 9.92. The third-order valence-electron chi connectivity index (χ3n) is 4.66. The number of hydrogen-bond acceptors (Lipinski definition) is 4. The van der Waals surface area contributed by atoms with Gasteiger partial charge >= 0.3 is 0 Å². The van der Waals surface area contributed by atoms with Gasteiger partial charge in [-0.3, -0.25) is 9.59 Å². The van der Waals surface area contributed by atoms with E-state index in [2.05, 4.69) is 19.2 Å². The number of benzene rings is 1. The minimum Gasteiger partial charge on any atom is -0.454 e. The minimum atomic E-state index is -0.115. The van der Waals surface area contributed by atoms with Gasteiger partial charge in [0.25, 0.3) is 5.91 Å². The number of fused-ring (bicyclic) bond motifs is 1. The van der Waals surface area contributed by atoms with Crippen molar-refractivity contribution >= 4 is 17.4 Å². The van der Waals surface area contributed by atoms with E-state index in [4.69, 9.17) is 9.47 Å². The van der Waals surface area contributed by atoms with Crippen LogP contribution in [-0.2, 0) is 4.79 Å². The van der Waals surface area contributed by atoms with Crippen LogP contribution in [0.4, 0.5) is 5.69 Å². The fourth-order valence-corrected chi connectivity index (χ4v) is 3.82. The van der Waals surface area contributed by atoms with Gasteiger partial charge in [0.05, 0.1) is 18.8 Å². The average Bonchev–Trinajstić information content (AvgIpc) is 2.92. The molecule has 1 aromatic carbocycles. The number of hydrogen-bond donors (Lipinski definition) is 2. The Labute approximate surface area is 142 Å². The molecule has 1 amide bonds. The molecule has 24 heavy (non-hydrogen) atoms. The van der Waals surface area contributed by atoms with Gasteiger partial charge in [0.15, 0.2) is 23.8 Å². The van der Waals surface area contributed by atoms with Gasteiger partial charge in [0.2, 0.25) is 6.79 Å². The summed E-state index contributed by atoms with van der Waals surface area (Å²) in [6.07, 6.45) is 1.22. The third-order valence-corrected chi connectivity index (χ3v) is 4.66. The van der Waals surface area contributed by atoms with Crippen LogP contribution in [0.1, 0.15) is 37.6 Å². The predicted molar refractivity (Wildman–Crippen MR) is 89.7 cm³/mol. The zero-order valence-electron chi connectivity index (χ0n) is 14.5. The molecular weight excluding hydrogens is 308 g/mol. The van der Waals surface area contributed by atoms with Crippen molar-refractivity contribution in [2.75, 3.05) is 31.7 Å². The standard InChI is InChI=1S/C18H24N2O4/c1-11-4-12(2)8-20(7-11)9-18(22)19-15-6-17-16(23-10-24-17)5-14(15)13(3)21/h5-6,11-12H,4,7-10H2,1-3H3,(H,19,22)/p+1/t11-,12+. The molecule has 2 aliphatic rings. The highest BCUT2D eigenvalue weighted by Crippen LogP contribution is 2.37. The highest BCUT2D eigenvalue weighted by atomic mass is 16.7. The fraction of sp³-hybridized carbons (Fsp3) is 0.556. The van der Waals surface area contributed by atoms with E-state index in [1.54, 1.807) is 12.1 Å². The Balaban J connectivity index is 1.71. The number of ether oxygens (including phenoxy) is 2. The second kappa shape index (κ2) is 6.81. The van der Waals surface area contributed by atoms with Crippen molar-refractivity contribution in [3.05, 3.63) is 17.7 Å². The Kier molecular flexibility index (Phi) is 4.76. The summed E-state index contributed by atoms with van der Waals surface area (Å²) in [6.45, 7) is 8.53. The molecule has 0 spiro atoms. The Hall–Kier alpha value is -2.08. The summed E-state index contributed by atoms with van der Waals surface area (Å²) in [7, 11) is 0. The number of rotatable bonds is 4. The summed E-state index contributed by atoms with van der Waals surface area (Å²) < 4.78 is 10.6. The molecule has 0 radical (unpaired) electrons. The number of Topliss-reactive ketones (excluding diaryl/α,β-unsaturated/α-hetero) is 1. The maximum atomic E-state index is 12.5. The minimum absolute atomic E-state index is 0.0762. The molecule has 1 aromatic rings. The molecule has 6 heteroatoms. The summed E-state index contributed by atoms with van der Waals surface area (Å²) in [5, 5.41) is 2.88. The third kappa shape index (κ3) is 3.70. The molecule has 1 saturated heterocycles. The van der Waals surface area contributed by atoms with Gasteiger partial charge in [-0.05, 0) is 19.4 Å². The normalized spacial score (nSPS) is 25.4. The van der Waals surface area contributed by atoms with Crippen LogP contribution in [0.25, 0.3) is 0 Å². The van der Waals surface area contributed by atoms with E-state index >= 15 is 0 Å². The molecule has 1 fully saturated rings. The average molecular weight is 333 g/mol. The van der Waals surface area contributed by atoms with Crippen molar-refractivity contribution in [1.82, 2.24) is 0 Å². The summed E-state index contributed by atoms with van der Waals surface area (Å²) in [6, 6.07) is 3.31. The van der Waals surface area contributed by atoms with Crippen molar-refractivity contribution in [1.29, 1.82) is 0 Å². The Morgan fingerprint density at radius 1 is 1.17 bits per heavy atom. The van der Waals surface area contributed by atoms with Gasteiger partial charge in [0, 0.05) is 23.5 Å². The van der Waals surface area contributed by atoms with Crippen molar-refractivity contribution < 1.29 is 24.0 Å². The molecule has 130 valence electrons. The van der Waals surface area contributed by atoms with E-state index in [0.29, 0.717) is 41.1 Å². The second-order valence-electron chi connectivity index (χ2n) is 7.14. The first-order chi connectivity index (χ1) is 11.4. The maximum Gasteiger partial charge on any atom is 0.279 e. The quantitative estimate of drug-likeness (QED) is 0.810. The Bertz CT molecular complexity index is 649.